The van der Waals surface area contributed by atoms with Crippen molar-refractivity contribution in [2.45, 2.75) is 11.8 Å². The topological polar surface area (TPSA) is 17.1 Å². The summed E-state index contributed by atoms with van der Waals surface area (Å²) >= 11 is 0. The average Bonchev–Trinajstić information content (AvgIpc) is 2.95. The fourth-order valence-corrected chi connectivity index (χ4v) is 3.97. The van der Waals surface area contributed by atoms with Gasteiger partial charge < -0.3 is 0 Å². The summed E-state index contributed by atoms with van der Waals surface area (Å²) in [6.07, 6.45) is 5.32. The van der Waals surface area contributed by atoms with Crippen LogP contribution in [0.1, 0.15) is 17.5 Å². The molecule has 1 nitrogen and oxygen atoms in total. The highest BCUT2D eigenvalue weighted by Crippen LogP contribution is 2.57. The van der Waals surface area contributed by atoms with Crippen molar-refractivity contribution < 1.29 is 4.79 Å². The zero-order valence-electron chi connectivity index (χ0n) is 11.2. The van der Waals surface area contributed by atoms with E-state index >= 15 is 0 Å². The summed E-state index contributed by atoms with van der Waals surface area (Å²) in [5.41, 5.74) is 1.80. The van der Waals surface area contributed by atoms with Crippen molar-refractivity contribution in [1.82, 2.24) is 0 Å². The molecule has 0 saturated heterocycles. The van der Waals surface area contributed by atoms with Crippen LogP contribution in [0.4, 0.5) is 0 Å². The second kappa shape index (κ2) is 4.17. The van der Waals surface area contributed by atoms with E-state index in [1.807, 2.05) is 36.4 Å². The lowest BCUT2D eigenvalue weighted by molar-refractivity contribution is -0.140. The maximum atomic E-state index is 12.9. The first-order valence-electron chi connectivity index (χ1n) is 7.17. The van der Waals surface area contributed by atoms with Crippen molar-refractivity contribution in [2.24, 2.45) is 11.8 Å². The lowest BCUT2D eigenvalue weighted by Gasteiger charge is -2.51. The van der Waals surface area contributed by atoms with Gasteiger partial charge in [-0.3, -0.25) is 4.79 Å². The number of ketones is 1. The fourth-order valence-electron chi connectivity index (χ4n) is 3.97. The van der Waals surface area contributed by atoms with Gasteiger partial charge in [0, 0.05) is 11.8 Å². The molecule has 2 atom stereocenters. The third-order valence-corrected chi connectivity index (χ3v) is 4.85. The number of carbonyl (C=O) groups is 1. The highest BCUT2D eigenvalue weighted by molar-refractivity contribution is 6.03. The third kappa shape index (κ3) is 1.30. The van der Waals surface area contributed by atoms with Crippen molar-refractivity contribution in [1.29, 1.82) is 0 Å². The van der Waals surface area contributed by atoms with Gasteiger partial charge in [-0.15, -0.1) is 0 Å². The molecule has 0 spiro atoms. The second-order valence-electron chi connectivity index (χ2n) is 5.70. The van der Waals surface area contributed by atoms with Crippen molar-refractivity contribution in [3.8, 4) is 0 Å². The van der Waals surface area contributed by atoms with E-state index in [-0.39, 0.29) is 5.92 Å². The van der Waals surface area contributed by atoms with Gasteiger partial charge >= 0.3 is 0 Å². The summed E-state index contributed by atoms with van der Waals surface area (Å²) in [4.78, 5) is 12.9. The van der Waals surface area contributed by atoms with Gasteiger partial charge in [-0.1, -0.05) is 72.8 Å². The largest absolute Gasteiger partial charge is 0.298 e. The van der Waals surface area contributed by atoms with Crippen molar-refractivity contribution in [2.75, 3.05) is 0 Å². The van der Waals surface area contributed by atoms with Gasteiger partial charge in [-0.25, -0.2) is 0 Å². The van der Waals surface area contributed by atoms with E-state index in [9.17, 15) is 4.79 Å². The fraction of sp³-hybridized carbons (Fsp3) is 0.211. The molecule has 0 unspecified atom stereocenters. The molecule has 98 valence electrons. The van der Waals surface area contributed by atoms with E-state index in [2.05, 4.69) is 36.4 Å². The summed E-state index contributed by atoms with van der Waals surface area (Å²) < 4.78 is 0. The molecule has 0 aliphatic heterocycles. The second-order valence-corrected chi connectivity index (χ2v) is 5.70. The summed E-state index contributed by atoms with van der Waals surface area (Å²) in [6.45, 7) is 0. The maximum absolute atomic E-state index is 12.9. The molecule has 0 aromatic heterocycles. The molecule has 4 rings (SSSR count). The number of allylic oxidation sites excluding steroid dienone is 2. The van der Waals surface area contributed by atoms with Crippen molar-refractivity contribution in [3.63, 3.8) is 0 Å². The number of rotatable bonds is 2. The molecular formula is C19H16O. The summed E-state index contributed by atoms with van der Waals surface area (Å²) in [6, 6.07) is 20.5. The van der Waals surface area contributed by atoms with Crippen LogP contribution in [0, 0.1) is 11.8 Å². The molecule has 2 aliphatic carbocycles. The summed E-state index contributed by atoms with van der Waals surface area (Å²) in [5.74, 6) is 0.889. The number of fused-ring (bicyclic) bond motifs is 1. The van der Waals surface area contributed by atoms with Gasteiger partial charge in [0.1, 0.15) is 0 Å². The number of carbonyl (C=O) groups excluding carboxylic acids is 1. The Balaban J connectivity index is 1.95. The monoisotopic (exact) mass is 260 g/mol. The molecule has 2 aromatic rings. The van der Waals surface area contributed by atoms with Gasteiger partial charge in [-0.05, 0) is 17.5 Å². The highest BCUT2D eigenvalue weighted by atomic mass is 16.1. The van der Waals surface area contributed by atoms with E-state index in [1.165, 1.54) is 0 Å². The van der Waals surface area contributed by atoms with E-state index in [1.54, 1.807) is 0 Å². The Hall–Kier alpha value is -2.15. The molecule has 0 amide bonds. The Labute approximate surface area is 119 Å². The zero-order valence-corrected chi connectivity index (χ0v) is 11.2. The lowest BCUT2D eigenvalue weighted by atomic mass is 9.48. The van der Waals surface area contributed by atoms with Gasteiger partial charge in [0.05, 0.1) is 5.41 Å². The minimum Gasteiger partial charge on any atom is -0.298 e. The van der Waals surface area contributed by atoms with Gasteiger partial charge in [-0.2, -0.15) is 0 Å². The molecular weight excluding hydrogens is 244 g/mol. The predicted molar refractivity (Wildman–Crippen MR) is 79.4 cm³/mol. The standard InChI is InChI=1S/C19H16O/c20-18-16-12-7-13-17(16)19(18,14-8-3-1-4-9-14)15-10-5-2-6-11-15/h1-11,13,16-17H,12H2/t16-,17-/m1/s1. The summed E-state index contributed by atoms with van der Waals surface area (Å²) in [5, 5.41) is 0. The molecule has 0 radical (unpaired) electrons. The quantitative estimate of drug-likeness (QED) is 0.752. The SMILES string of the molecule is O=C1[C@@H]2CC=C[C@H]2C1(c1ccccc1)c1ccccc1. The summed E-state index contributed by atoms with van der Waals surface area (Å²) in [7, 11) is 0. The number of hydrogen-bond acceptors (Lipinski definition) is 1. The Morgan fingerprint density at radius 3 is 1.95 bits per heavy atom. The first-order valence-corrected chi connectivity index (χ1v) is 7.17. The van der Waals surface area contributed by atoms with E-state index in [0.717, 1.165) is 17.5 Å². The molecule has 2 aromatic carbocycles. The highest BCUT2D eigenvalue weighted by Gasteiger charge is 2.63. The molecule has 1 fully saturated rings. The normalized spacial score (nSPS) is 26.1. The molecule has 0 heterocycles. The Morgan fingerprint density at radius 2 is 1.40 bits per heavy atom. The van der Waals surface area contributed by atoms with E-state index in [0.29, 0.717) is 11.7 Å². The molecule has 2 aliphatic rings. The van der Waals surface area contributed by atoms with Gasteiger partial charge in [0.2, 0.25) is 0 Å². The number of benzene rings is 2. The first-order chi connectivity index (χ1) is 9.85. The van der Waals surface area contributed by atoms with Crippen LogP contribution in [0.3, 0.4) is 0 Å². The Bertz CT molecular complexity index is 630. The Morgan fingerprint density at radius 1 is 0.850 bits per heavy atom. The third-order valence-electron chi connectivity index (χ3n) is 4.85. The van der Waals surface area contributed by atoms with Crippen molar-refractivity contribution >= 4 is 5.78 Å². The Kier molecular flexibility index (Phi) is 2.43. The van der Waals surface area contributed by atoms with Crippen LogP contribution in [0.15, 0.2) is 72.8 Å². The predicted octanol–water partition coefficient (Wildman–Crippen LogP) is 3.75. The minimum atomic E-state index is -0.458. The van der Waals surface area contributed by atoms with Crippen LogP contribution < -0.4 is 0 Å². The lowest BCUT2D eigenvalue weighted by Crippen LogP contribution is -2.59. The van der Waals surface area contributed by atoms with Gasteiger partial charge in [0.25, 0.3) is 0 Å². The van der Waals surface area contributed by atoms with Crippen LogP contribution in [-0.2, 0) is 10.2 Å². The zero-order chi connectivity index (χ0) is 13.6. The van der Waals surface area contributed by atoms with Crippen LogP contribution in [0.5, 0.6) is 0 Å². The van der Waals surface area contributed by atoms with Crippen LogP contribution in [0.25, 0.3) is 0 Å². The molecule has 0 N–H and O–H groups in total. The molecule has 1 heteroatoms. The molecule has 1 saturated carbocycles. The van der Waals surface area contributed by atoms with Crippen LogP contribution in [0.2, 0.25) is 0 Å². The molecule has 20 heavy (non-hydrogen) atoms. The van der Waals surface area contributed by atoms with Gasteiger partial charge in [0.15, 0.2) is 5.78 Å². The minimum absolute atomic E-state index is 0.190. The van der Waals surface area contributed by atoms with E-state index in [4.69, 9.17) is 0 Å². The van der Waals surface area contributed by atoms with E-state index < -0.39 is 5.41 Å². The van der Waals surface area contributed by atoms with Crippen molar-refractivity contribution in [3.05, 3.63) is 83.9 Å². The first kappa shape index (κ1) is 11.7. The smallest absolute Gasteiger partial charge is 0.152 e. The average molecular weight is 260 g/mol. The molecule has 0 bridgehead atoms. The van der Waals surface area contributed by atoms with Crippen LogP contribution >= 0.6 is 0 Å². The number of hydrogen-bond donors (Lipinski definition) is 0. The van der Waals surface area contributed by atoms with Crippen LogP contribution in [-0.4, -0.2) is 5.78 Å². The maximum Gasteiger partial charge on any atom is 0.152 e. The number of Topliss-reactive ketones (excluding diaryl/α,β-unsaturated/α-hetero) is 1.